The molecule has 0 aromatic heterocycles. The smallest absolute Gasteiger partial charge is 0.254 e. The first-order valence-electron chi connectivity index (χ1n) is 11.1. The Morgan fingerprint density at radius 1 is 1.19 bits per heavy atom. The molecule has 168 valence electrons. The van der Waals surface area contributed by atoms with E-state index < -0.39 is 17.3 Å². The Balaban J connectivity index is 1.52. The van der Waals surface area contributed by atoms with Crippen LogP contribution in [-0.4, -0.2) is 40.7 Å². The highest BCUT2D eigenvalue weighted by molar-refractivity contribution is 6.47. The van der Waals surface area contributed by atoms with Crippen molar-refractivity contribution in [3.8, 4) is 0 Å². The first-order chi connectivity index (χ1) is 15.4. The lowest BCUT2D eigenvalue weighted by atomic mass is 9.74. The Morgan fingerprint density at radius 2 is 1.91 bits per heavy atom. The number of hydrogen-bond acceptors (Lipinski definition) is 5. The molecule has 1 amide bonds. The molecule has 1 aliphatic carbocycles. The van der Waals surface area contributed by atoms with Crippen LogP contribution >= 0.6 is 0 Å². The van der Waals surface area contributed by atoms with Crippen molar-refractivity contribution in [3.63, 3.8) is 0 Å². The third kappa shape index (κ3) is 4.72. The Bertz CT molecular complexity index is 1050. The van der Waals surface area contributed by atoms with Crippen LogP contribution in [0.5, 0.6) is 0 Å². The number of benzene rings is 2. The lowest BCUT2D eigenvalue weighted by molar-refractivity contribution is 0.0880. The molecule has 2 aromatic carbocycles. The molecule has 1 saturated carbocycles. The van der Waals surface area contributed by atoms with Crippen LogP contribution in [0.3, 0.4) is 0 Å². The van der Waals surface area contributed by atoms with E-state index in [1.807, 2.05) is 37.3 Å². The van der Waals surface area contributed by atoms with E-state index >= 15 is 0 Å². The lowest BCUT2D eigenvalue weighted by Gasteiger charge is -2.39. The Hall–Kier alpha value is -3.06. The summed E-state index contributed by atoms with van der Waals surface area (Å²) in [7, 11) is 0. The number of carbonyl (C=O) groups is 1. The topological polar surface area (TPSA) is 100 Å². The van der Waals surface area contributed by atoms with Gasteiger partial charge < -0.3 is 16.2 Å². The number of amidine groups is 1. The van der Waals surface area contributed by atoms with E-state index in [0.29, 0.717) is 24.4 Å². The van der Waals surface area contributed by atoms with Crippen LogP contribution in [0.15, 0.2) is 58.5 Å². The molecular formula is C25H29FN4O2. The van der Waals surface area contributed by atoms with E-state index in [2.05, 4.69) is 10.3 Å². The second-order valence-corrected chi connectivity index (χ2v) is 8.89. The number of aliphatic imine (C=N–C) groups is 2. The summed E-state index contributed by atoms with van der Waals surface area (Å²) in [5, 5.41) is 12.6. The Morgan fingerprint density at radius 3 is 2.59 bits per heavy atom. The zero-order valence-electron chi connectivity index (χ0n) is 18.2. The van der Waals surface area contributed by atoms with Gasteiger partial charge in [-0.15, -0.1) is 0 Å². The van der Waals surface area contributed by atoms with Crippen molar-refractivity contribution in [3.05, 3.63) is 71.0 Å². The minimum atomic E-state index is -0.628. The predicted molar refractivity (Wildman–Crippen MR) is 123 cm³/mol. The van der Waals surface area contributed by atoms with Gasteiger partial charge >= 0.3 is 0 Å². The number of aliphatic hydroxyl groups excluding tert-OH is 1. The fourth-order valence-corrected chi connectivity index (χ4v) is 4.52. The van der Waals surface area contributed by atoms with E-state index in [1.54, 1.807) is 6.07 Å². The van der Waals surface area contributed by atoms with Crippen molar-refractivity contribution < 1.29 is 14.3 Å². The number of nitrogens with one attached hydrogen (secondary N) is 1. The standard InChI is InChI=1S/C25H29FN4O2/c1-25(18-8-10-19(31)11-9-18)15-29-23(27)22(30-25)17-7-12-20(21(26)13-17)24(32)28-14-16-5-3-2-4-6-16/h2-7,12-13,18-19,31H,8-11,14-15H2,1H3,(H2,27,29)(H,28,32). The third-order valence-electron chi connectivity index (χ3n) is 6.54. The fraction of sp³-hybridized carbons (Fsp3) is 0.400. The summed E-state index contributed by atoms with van der Waals surface area (Å²) in [4.78, 5) is 21.9. The molecule has 1 unspecified atom stereocenters. The molecule has 6 nitrogen and oxygen atoms in total. The molecule has 1 fully saturated rings. The number of rotatable bonds is 5. The highest BCUT2D eigenvalue weighted by Gasteiger charge is 2.39. The number of nitrogens with zero attached hydrogens (tertiary/aromatic N) is 2. The molecule has 1 atom stereocenters. The van der Waals surface area contributed by atoms with Gasteiger partial charge in [-0.25, -0.2) is 4.39 Å². The third-order valence-corrected chi connectivity index (χ3v) is 6.54. The maximum absolute atomic E-state index is 14.9. The summed E-state index contributed by atoms with van der Waals surface area (Å²) >= 11 is 0. The molecule has 0 bridgehead atoms. The summed E-state index contributed by atoms with van der Waals surface area (Å²) in [5.74, 6) is -0.544. The first kappa shape index (κ1) is 22.1. The molecule has 32 heavy (non-hydrogen) atoms. The minimum Gasteiger partial charge on any atom is -0.393 e. The largest absolute Gasteiger partial charge is 0.393 e. The van der Waals surface area contributed by atoms with Crippen molar-refractivity contribution in [2.45, 2.75) is 50.8 Å². The Labute approximate surface area is 187 Å². The van der Waals surface area contributed by atoms with Crippen molar-refractivity contribution in [1.82, 2.24) is 5.32 Å². The zero-order chi connectivity index (χ0) is 22.7. The van der Waals surface area contributed by atoms with Gasteiger partial charge in [0.15, 0.2) is 0 Å². The average Bonchev–Trinajstić information content (AvgIpc) is 2.80. The van der Waals surface area contributed by atoms with Gasteiger partial charge in [0, 0.05) is 12.1 Å². The van der Waals surface area contributed by atoms with E-state index in [4.69, 9.17) is 10.7 Å². The number of hydrogen-bond donors (Lipinski definition) is 3. The summed E-state index contributed by atoms with van der Waals surface area (Å²) in [6.45, 7) is 2.85. The molecule has 4 rings (SSSR count). The van der Waals surface area contributed by atoms with Crippen LogP contribution in [0.1, 0.15) is 54.1 Å². The molecule has 2 aromatic rings. The van der Waals surface area contributed by atoms with E-state index in [9.17, 15) is 14.3 Å². The maximum Gasteiger partial charge on any atom is 0.254 e. The molecule has 0 radical (unpaired) electrons. The monoisotopic (exact) mass is 436 g/mol. The lowest BCUT2D eigenvalue weighted by Crippen LogP contribution is -2.45. The average molecular weight is 437 g/mol. The van der Waals surface area contributed by atoms with Gasteiger partial charge in [0.1, 0.15) is 17.4 Å². The second kappa shape index (κ2) is 9.20. The van der Waals surface area contributed by atoms with Gasteiger partial charge in [0.05, 0.1) is 23.8 Å². The van der Waals surface area contributed by atoms with Crippen LogP contribution in [0.25, 0.3) is 0 Å². The number of carbonyl (C=O) groups excluding carboxylic acids is 1. The predicted octanol–water partition coefficient (Wildman–Crippen LogP) is 3.23. The van der Waals surface area contributed by atoms with E-state index in [1.165, 1.54) is 12.1 Å². The van der Waals surface area contributed by atoms with Gasteiger partial charge in [-0.05, 0) is 56.2 Å². The summed E-state index contributed by atoms with van der Waals surface area (Å²) in [5.41, 5.74) is 7.55. The van der Waals surface area contributed by atoms with Crippen molar-refractivity contribution in [2.24, 2.45) is 21.6 Å². The maximum atomic E-state index is 14.9. The second-order valence-electron chi connectivity index (χ2n) is 8.89. The van der Waals surface area contributed by atoms with Crippen LogP contribution in [0.2, 0.25) is 0 Å². The van der Waals surface area contributed by atoms with E-state index in [0.717, 1.165) is 31.2 Å². The number of nitrogens with two attached hydrogens (primary N) is 1. The summed E-state index contributed by atoms with van der Waals surface area (Å²) in [6.07, 6.45) is 3.01. The van der Waals surface area contributed by atoms with Gasteiger partial charge in [-0.2, -0.15) is 0 Å². The molecule has 0 spiro atoms. The van der Waals surface area contributed by atoms with Crippen LogP contribution in [0.4, 0.5) is 4.39 Å². The minimum absolute atomic E-state index is 0.0272. The Kier molecular flexibility index (Phi) is 6.37. The van der Waals surface area contributed by atoms with Crippen molar-refractivity contribution >= 4 is 17.5 Å². The molecule has 0 saturated heterocycles. The summed E-state index contributed by atoms with van der Waals surface area (Å²) in [6, 6.07) is 13.9. The number of amides is 1. The van der Waals surface area contributed by atoms with Gasteiger partial charge in [0.25, 0.3) is 5.91 Å². The van der Waals surface area contributed by atoms with Crippen LogP contribution in [-0.2, 0) is 6.54 Å². The molecule has 1 heterocycles. The molecule has 4 N–H and O–H groups in total. The molecule has 2 aliphatic rings. The highest BCUT2D eigenvalue weighted by atomic mass is 19.1. The van der Waals surface area contributed by atoms with Crippen molar-refractivity contribution in [2.75, 3.05) is 6.54 Å². The quantitative estimate of drug-likeness (QED) is 0.671. The SMILES string of the molecule is CC1(C2CCC(O)CC2)CN=C(N)C(c2ccc(C(=O)NCc3ccccc3)c(F)c2)=N1. The summed E-state index contributed by atoms with van der Waals surface area (Å²) < 4.78 is 14.9. The fourth-order valence-electron chi connectivity index (χ4n) is 4.52. The molecule has 7 heteroatoms. The number of aliphatic hydroxyl groups is 1. The van der Waals surface area contributed by atoms with Gasteiger partial charge in [-0.3, -0.25) is 14.8 Å². The van der Waals surface area contributed by atoms with Gasteiger partial charge in [-0.1, -0.05) is 36.4 Å². The highest BCUT2D eigenvalue weighted by Crippen LogP contribution is 2.37. The van der Waals surface area contributed by atoms with E-state index in [-0.39, 0.29) is 23.4 Å². The van der Waals surface area contributed by atoms with Gasteiger partial charge in [0.2, 0.25) is 0 Å². The van der Waals surface area contributed by atoms with Crippen LogP contribution < -0.4 is 11.1 Å². The molecule has 1 aliphatic heterocycles. The number of halogens is 1. The normalized spacial score (nSPS) is 25.6. The zero-order valence-corrected chi connectivity index (χ0v) is 18.2. The first-order valence-corrected chi connectivity index (χ1v) is 11.1. The van der Waals surface area contributed by atoms with Crippen LogP contribution in [0, 0.1) is 11.7 Å². The molecular weight excluding hydrogens is 407 g/mol. The van der Waals surface area contributed by atoms with Crippen molar-refractivity contribution in [1.29, 1.82) is 0 Å².